The van der Waals surface area contributed by atoms with Crippen LogP contribution < -0.4 is 5.73 Å². The van der Waals surface area contributed by atoms with E-state index < -0.39 is 9.84 Å². The molecule has 2 N–H and O–H groups in total. The van der Waals surface area contributed by atoms with Gasteiger partial charge in [0.2, 0.25) is 0 Å². The fraction of sp³-hybridized carbons (Fsp3) is 0.500. The van der Waals surface area contributed by atoms with Crippen LogP contribution in [0.5, 0.6) is 0 Å². The van der Waals surface area contributed by atoms with Gasteiger partial charge in [0, 0.05) is 12.2 Å². The lowest BCUT2D eigenvalue weighted by atomic mass is 10.1. The Morgan fingerprint density at radius 1 is 1.44 bits per heavy atom. The van der Waals surface area contributed by atoms with Crippen LogP contribution in [0.1, 0.15) is 24.8 Å². The van der Waals surface area contributed by atoms with E-state index >= 15 is 0 Å². The standard InChI is InChI=1S/C12H15N3O2S/c13-6-10-2-4-12(15-7-10)18(16,17)8-9-1-3-11(14)5-9/h2,4,7,9,11H,1,3,5,8,14H2/t9-,11+/m1/s1. The second-order valence-electron chi connectivity index (χ2n) is 4.72. The number of hydrogen-bond acceptors (Lipinski definition) is 5. The molecule has 1 aliphatic rings. The number of aromatic nitrogens is 1. The van der Waals surface area contributed by atoms with Crippen LogP contribution in [0.2, 0.25) is 0 Å². The van der Waals surface area contributed by atoms with Crippen molar-refractivity contribution in [2.75, 3.05) is 5.75 Å². The summed E-state index contributed by atoms with van der Waals surface area (Å²) in [5.41, 5.74) is 6.13. The molecule has 0 radical (unpaired) electrons. The topological polar surface area (TPSA) is 96.8 Å². The predicted octanol–water partition coefficient (Wildman–Crippen LogP) is 0.854. The Hall–Kier alpha value is -1.45. The molecule has 6 heteroatoms. The molecule has 0 spiro atoms. The normalized spacial score (nSPS) is 23.8. The Morgan fingerprint density at radius 3 is 2.72 bits per heavy atom. The summed E-state index contributed by atoms with van der Waals surface area (Å²) < 4.78 is 24.2. The summed E-state index contributed by atoms with van der Waals surface area (Å²) in [5, 5.41) is 8.68. The number of rotatable bonds is 3. The van der Waals surface area contributed by atoms with Gasteiger partial charge in [0.1, 0.15) is 6.07 Å². The molecule has 1 heterocycles. The molecule has 0 aromatic carbocycles. The highest BCUT2D eigenvalue weighted by molar-refractivity contribution is 7.91. The molecular weight excluding hydrogens is 250 g/mol. The average Bonchev–Trinajstić information content (AvgIpc) is 2.74. The summed E-state index contributed by atoms with van der Waals surface area (Å²) >= 11 is 0. The molecule has 18 heavy (non-hydrogen) atoms. The first-order valence-corrected chi connectivity index (χ1v) is 7.51. The Bertz CT molecular complexity index is 560. The molecule has 1 fully saturated rings. The molecule has 0 saturated heterocycles. The van der Waals surface area contributed by atoms with Crippen molar-refractivity contribution in [3.05, 3.63) is 23.9 Å². The van der Waals surface area contributed by atoms with Crippen LogP contribution in [-0.2, 0) is 9.84 Å². The van der Waals surface area contributed by atoms with Gasteiger partial charge < -0.3 is 5.73 Å². The molecule has 1 saturated carbocycles. The first-order valence-electron chi connectivity index (χ1n) is 5.86. The largest absolute Gasteiger partial charge is 0.328 e. The van der Waals surface area contributed by atoms with Crippen molar-refractivity contribution in [2.24, 2.45) is 11.7 Å². The second-order valence-corrected chi connectivity index (χ2v) is 6.70. The summed E-state index contributed by atoms with van der Waals surface area (Å²) in [5.74, 6) is 0.224. The maximum atomic E-state index is 12.1. The van der Waals surface area contributed by atoms with Crippen LogP contribution in [-0.4, -0.2) is 25.2 Å². The zero-order valence-electron chi connectivity index (χ0n) is 9.91. The Labute approximate surface area is 107 Å². The molecule has 0 amide bonds. The fourth-order valence-corrected chi connectivity index (χ4v) is 3.87. The van der Waals surface area contributed by atoms with Gasteiger partial charge in [-0.15, -0.1) is 0 Å². The zero-order chi connectivity index (χ0) is 13.2. The first-order chi connectivity index (χ1) is 8.51. The van der Waals surface area contributed by atoms with E-state index in [-0.39, 0.29) is 22.7 Å². The Balaban J connectivity index is 2.13. The van der Waals surface area contributed by atoms with Gasteiger partial charge in [0.25, 0.3) is 0 Å². The molecule has 0 aliphatic heterocycles. The summed E-state index contributed by atoms with van der Waals surface area (Å²) in [7, 11) is -3.37. The Kier molecular flexibility index (Phi) is 3.64. The van der Waals surface area contributed by atoms with E-state index in [1.165, 1.54) is 18.3 Å². The highest BCUT2D eigenvalue weighted by atomic mass is 32.2. The lowest BCUT2D eigenvalue weighted by Crippen LogP contribution is -2.19. The first kappa shape index (κ1) is 13.0. The quantitative estimate of drug-likeness (QED) is 0.874. The SMILES string of the molecule is N#Cc1ccc(S(=O)(=O)C[C@@H]2CC[C@H](N)C2)nc1. The second kappa shape index (κ2) is 5.04. The van der Waals surface area contributed by atoms with Crippen molar-refractivity contribution in [3.8, 4) is 6.07 Å². The minimum Gasteiger partial charge on any atom is -0.328 e. The third kappa shape index (κ3) is 2.86. The molecule has 2 rings (SSSR count). The molecule has 0 bridgehead atoms. The van der Waals surface area contributed by atoms with E-state index in [0.29, 0.717) is 5.56 Å². The highest BCUT2D eigenvalue weighted by Crippen LogP contribution is 2.27. The minimum absolute atomic E-state index is 0.0435. The molecule has 1 aromatic rings. The van der Waals surface area contributed by atoms with Crippen molar-refractivity contribution in [3.63, 3.8) is 0 Å². The highest BCUT2D eigenvalue weighted by Gasteiger charge is 2.28. The van der Waals surface area contributed by atoms with Gasteiger partial charge in [-0.1, -0.05) is 0 Å². The van der Waals surface area contributed by atoms with Crippen molar-refractivity contribution in [2.45, 2.75) is 30.3 Å². The van der Waals surface area contributed by atoms with Gasteiger partial charge in [-0.3, -0.25) is 0 Å². The minimum atomic E-state index is -3.37. The van der Waals surface area contributed by atoms with Gasteiger partial charge in [0.15, 0.2) is 14.9 Å². The maximum Gasteiger partial charge on any atom is 0.195 e. The van der Waals surface area contributed by atoms with Crippen molar-refractivity contribution in [1.82, 2.24) is 4.98 Å². The van der Waals surface area contributed by atoms with Gasteiger partial charge in [-0.2, -0.15) is 5.26 Å². The zero-order valence-corrected chi connectivity index (χ0v) is 10.7. The average molecular weight is 265 g/mol. The summed E-state index contributed by atoms with van der Waals surface area (Å²) in [6.07, 6.45) is 3.79. The van der Waals surface area contributed by atoms with Gasteiger partial charge in [-0.05, 0) is 37.3 Å². The van der Waals surface area contributed by atoms with Crippen molar-refractivity contribution in [1.29, 1.82) is 5.26 Å². The lowest BCUT2D eigenvalue weighted by molar-refractivity contribution is 0.550. The van der Waals surface area contributed by atoms with E-state index in [2.05, 4.69) is 4.98 Å². The predicted molar refractivity (Wildman–Crippen MR) is 66.3 cm³/mol. The number of nitriles is 1. The van der Waals surface area contributed by atoms with Gasteiger partial charge >= 0.3 is 0 Å². The molecule has 2 atom stereocenters. The summed E-state index contributed by atoms with van der Waals surface area (Å²) in [4.78, 5) is 3.84. The van der Waals surface area contributed by atoms with Crippen LogP contribution in [0, 0.1) is 17.2 Å². The van der Waals surface area contributed by atoms with E-state index in [9.17, 15) is 8.42 Å². The third-order valence-corrected chi connectivity index (χ3v) is 5.01. The van der Waals surface area contributed by atoms with Crippen molar-refractivity contribution < 1.29 is 8.42 Å². The van der Waals surface area contributed by atoms with Gasteiger partial charge in [0.05, 0.1) is 11.3 Å². The molecule has 5 nitrogen and oxygen atoms in total. The smallest absolute Gasteiger partial charge is 0.195 e. The number of pyridine rings is 1. The lowest BCUT2D eigenvalue weighted by Gasteiger charge is -2.09. The number of nitrogens with zero attached hydrogens (tertiary/aromatic N) is 2. The number of hydrogen-bond donors (Lipinski definition) is 1. The van der Waals surface area contributed by atoms with Crippen LogP contribution in [0.15, 0.2) is 23.4 Å². The van der Waals surface area contributed by atoms with E-state index in [1.54, 1.807) is 0 Å². The van der Waals surface area contributed by atoms with E-state index in [0.717, 1.165) is 19.3 Å². The number of nitrogens with two attached hydrogens (primary N) is 1. The molecule has 1 aliphatic carbocycles. The van der Waals surface area contributed by atoms with E-state index in [1.807, 2.05) is 6.07 Å². The molecule has 1 aromatic heterocycles. The maximum absolute atomic E-state index is 12.1. The van der Waals surface area contributed by atoms with E-state index in [4.69, 9.17) is 11.0 Å². The summed E-state index contributed by atoms with van der Waals surface area (Å²) in [6, 6.07) is 4.90. The Morgan fingerprint density at radius 2 is 2.22 bits per heavy atom. The van der Waals surface area contributed by atoms with Crippen molar-refractivity contribution >= 4 is 9.84 Å². The molecule has 0 unspecified atom stereocenters. The van der Waals surface area contributed by atoms with Crippen LogP contribution in [0.3, 0.4) is 0 Å². The van der Waals surface area contributed by atoms with Gasteiger partial charge in [-0.25, -0.2) is 13.4 Å². The fourth-order valence-electron chi connectivity index (χ4n) is 2.29. The third-order valence-electron chi connectivity index (χ3n) is 3.22. The molecule has 96 valence electrons. The van der Waals surface area contributed by atoms with Crippen LogP contribution in [0.25, 0.3) is 0 Å². The van der Waals surface area contributed by atoms with Crippen LogP contribution in [0.4, 0.5) is 0 Å². The van der Waals surface area contributed by atoms with Crippen LogP contribution >= 0.6 is 0 Å². The molecular formula is C12H15N3O2S. The summed E-state index contributed by atoms with van der Waals surface area (Å²) in [6.45, 7) is 0. The number of sulfone groups is 1. The monoisotopic (exact) mass is 265 g/mol.